The summed E-state index contributed by atoms with van der Waals surface area (Å²) >= 11 is 12.5. The number of carbonyl (C=O) groups excluding carboxylic acids is 1. The second-order valence-electron chi connectivity index (χ2n) is 6.11. The van der Waals surface area contributed by atoms with Crippen molar-refractivity contribution < 1.29 is 4.79 Å². The molecule has 0 spiro atoms. The van der Waals surface area contributed by atoms with Crippen molar-refractivity contribution in [3.05, 3.63) is 76.0 Å². The monoisotopic (exact) mass is 399 g/mol. The molecule has 6 nitrogen and oxygen atoms in total. The summed E-state index contributed by atoms with van der Waals surface area (Å²) in [6.07, 6.45) is 3.51. The number of fused-ring (bicyclic) bond motifs is 1. The van der Waals surface area contributed by atoms with Crippen LogP contribution >= 0.6 is 23.2 Å². The average molecular weight is 400 g/mol. The van der Waals surface area contributed by atoms with E-state index >= 15 is 0 Å². The molecular formula is C19H15Cl2N5O. The molecule has 1 atom stereocenters. The Balaban J connectivity index is 1.78. The van der Waals surface area contributed by atoms with Crippen molar-refractivity contribution in [2.24, 2.45) is 0 Å². The number of carbonyl (C=O) groups is 1. The highest BCUT2D eigenvalue weighted by molar-refractivity contribution is 6.35. The third kappa shape index (κ3) is 3.54. The van der Waals surface area contributed by atoms with Gasteiger partial charge < -0.3 is 10.6 Å². The maximum Gasteiger partial charge on any atom is 0.226 e. The predicted octanol–water partition coefficient (Wildman–Crippen LogP) is 4.60. The number of rotatable bonds is 3. The molecule has 1 aromatic heterocycles. The quantitative estimate of drug-likeness (QED) is 0.674. The molecule has 3 aromatic rings. The topological polar surface area (TPSA) is 71.8 Å². The van der Waals surface area contributed by atoms with Gasteiger partial charge in [-0.15, -0.1) is 0 Å². The Hall–Kier alpha value is -2.83. The smallest absolute Gasteiger partial charge is 0.226 e. The number of allylic oxidation sites excluding steroid dienone is 1. The average Bonchev–Trinajstić information content (AvgIpc) is 3.09. The minimum atomic E-state index is -0.243. The first-order valence-electron chi connectivity index (χ1n) is 8.22. The lowest BCUT2D eigenvalue weighted by Crippen LogP contribution is -2.20. The van der Waals surface area contributed by atoms with Crippen molar-refractivity contribution in [3.63, 3.8) is 0 Å². The van der Waals surface area contributed by atoms with Gasteiger partial charge in [-0.05, 0) is 41.5 Å². The molecule has 0 saturated heterocycles. The van der Waals surface area contributed by atoms with Gasteiger partial charge in [-0.25, -0.2) is 4.68 Å². The maximum absolute atomic E-state index is 11.3. The van der Waals surface area contributed by atoms with Crippen LogP contribution in [-0.4, -0.2) is 20.7 Å². The summed E-state index contributed by atoms with van der Waals surface area (Å²) in [4.78, 5) is 15.6. The number of anilines is 2. The van der Waals surface area contributed by atoms with Crippen molar-refractivity contribution in [2.75, 3.05) is 10.6 Å². The van der Waals surface area contributed by atoms with Crippen LogP contribution in [0.5, 0.6) is 0 Å². The van der Waals surface area contributed by atoms with Gasteiger partial charge in [0.05, 0.1) is 0 Å². The van der Waals surface area contributed by atoms with Crippen LogP contribution in [0.4, 0.5) is 11.6 Å². The van der Waals surface area contributed by atoms with Crippen molar-refractivity contribution in [3.8, 4) is 0 Å². The van der Waals surface area contributed by atoms with Crippen LogP contribution in [0.25, 0.3) is 5.70 Å². The van der Waals surface area contributed by atoms with Crippen LogP contribution < -0.4 is 10.6 Å². The highest BCUT2D eigenvalue weighted by Gasteiger charge is 2.25. The largest absolute Gasteiger partial charge is 0.326 e. The molecule has 8 heteroatoms. The van der Waals surface area contributed by atoms with E-state index in [1.165, 1.54) is 13.3 Å². The Morgan fingerprint density at radius 3 is 2.85 bits per heavy atom. The van der Waals surface area contributed by atoms with Crippen molar-refractivity contribution in [1.82, 2.24) is 14.8 Å². The van der Waals surface area contributed by atoms with Crippen LogP contribution in [0.2, 0.25) is 10.0 Å². The zero-order valence-corrected chi connectivity index (χ0v) is 15.8. The molecule has 0 fully saturated rings. The minimum Gasteiger partial charge on any atom is -0.326 e. The number of benzene rings is 2. The summed E-state index contributed by atoms with van der Waals surface area (Å²) in [7, 11) is 0. The molecule has 1 aliphatic heterocycles. The van der Waals surface area contributed by atoms with Crippen LogP contribution in [0.1, 0.15) is 24.1 Å². The lowest BCUT2D eigenvalue weighted by Gasteiger charge is -2.25. The van der Waals surface area contributed by atoms with E-state index in [1.807, 2.05) is 36.4 Å². The zero-order chi connectivity index (χ0) is 19.0. The fourth-order valence-corrected chi connectivity index (χ4v) is 3.55. The maximum atomic E-state index is 11.3. The number of hydrogen-bond donors (Lipinski definition) is 2. The normalized spacial score (nSPS) is 15.5. The van der Waals surface area contributed by atoms with E-state index in [1.54, 1.807) is 16.8 Å². The van der Waals surface area contributed by atoms with E-state index in [4.69, 9.17) is 23.2 Å². The standard InChI is InChI=1S/C19H15Cl2N5O/c1-11(27)24-14-4-2-3-12(7-14)17-9-18(26-19(25-17)22-10-23-26)15-6-5-13(20)8-16(15)21/h2-10,18H,1H3,(H,24,27)(H,22,23,25)/t18-/m1/s1. The Kier molecular flexibility index (Phi) is 4.59. The second-order valence-corrected chi connectivity index (χ2v) is 6.95. The highest BCUT2D eigenvalue weighted by atomic mass is 35.5. The van der Waals surface area contributed by atoms with Crippen molar-refractivity contribution in [2.45, 2.75) is 13.0 Å². The van der Waals surface area contributed by atoms with E-state index in [0.29, 0.717) is 16.0 Å². The summed E-state index contributed by atoms with van der Waals surface area (Å²) in [5.74, 6) is 0.483. The van der Waals surface area contributed by atoms with Gasteiger partial charge in [0.2, 0.25) is 11.9 Å². The summed E-state index contributed by atoms with van der Waals surface area (Å²) < 4.78 is 1.76. The number of nitrogens with one attached hydrogen (secondary N) is 2. The first-order chi connectivity index (χ1) is 13.0. The van der Waals surface area contributed by atoms with Crippen LogP contribution in [0, 0.1) is 0 Å². The van der Waals surface area contributed by atoms with Crippen molar-refractivity contribution >= 4 is 46.4 Å². The van der Waals surface area contributed by atoms with Crippen LogP contribution in [-0.2, 0) is 4.79 Å². The van der Waals surface area contributed by atoms with E-state index in [0.717, 1.165) is 22.5 Å². The number of amides is 1. The Morgan fingerprint density at radius 2 is 2.07 bits per heavy atom. The third-order valence-corrected chi connectivity index (χ3v) is 4.75. The number of halogens is 2. The molecule has 4 rings (SSSR count). The van der Waals surface area contributed by atoms with Crippen molar-refractivity contribution in [1.29, 1.82) is 0 Å². The summed E-state index contributed by atoms with van der Waals surface area (Å²) in [5.41, 5.74) is 3.34. The van der Waals surface area contributed by atoms with E-state index < -0.39 is 0 Å². The molecule has 0 radical (unpaired) electrons. The number of nitrogens with zero attached hydrogens (tertiary/aromatic N) is 3. The molecule has 0 aliphatic carbocycles. The van der Waals surface area contributed by atoms with Crippen LogP contribution in [0.3, 0.4) is 0 Å². The van der Waals surface area contributed by atoms with Gasteiger partial charge in [-0.2, -0.15) is 10.1 Å². The van der Waals surface area contributed by atoms with Gasteiger partial charge >= 0.3 is 0 Å². The summed E-state index contributed by atoms with van der Waals surface area (Å²) in [6.45, 7) is 1.48. The fraction of sp³-hybridized carbons (Fsp3) is 0.105. The summed E-state index contributed by atoms with van der Waals surface area (Å²) in [5, 5.41) is 11.5. The van der Waals surface area contributed by atoms with Crippen LogP contribution in [0.15, 0.2) is 54.9 Å². The number of aromatic nitrogens is 3. The van der Waals surface area contributed by atoms with Gasteiger partial charge in [-0.1, -0.05) is 41.4 Å². The van der Waals surface area contributed by atoms with Gasteiger partial charge in [0.25, 0.3) is 0 Å². The van der Waals surface area contributed by atoms with Gasteiger partial charge in [0, 0.05) is 28.4 Å². The minimum absolute atomic E-state index is 0.122. The molecule has 1 amide bonds. The Bertz CT molecular complexity index is 1060. The first-order valence-corrected chi connectivity index (χ1v) is 8.98. The molecule has 27 heavy (non-hydrogen) atoms. The third-order valence-electron chi connectivity index (χ3n) is 4.18. The Morgan fingerprint density at radius 1 is 1.22 bits per heavy atom. The van der Waals surface area contributed by atoms with Gasteiger partial charge in [0.15, 0.2) is 0 Å². The van der Waals surface area contributed by atoms with Gasteiger partial charge in [0.1, 0.15) is 12.4 Å². The van der Waals surface area contributed by atoms with E-state index in [9.17, 15) is 4.79 Å². The lowest BCUT2D eigenvalue weighted by atomic mass is 10.0. The molecule has 0 saturated carbocycles. The molecule has 1 aliphatic rings. The van der Waals surface area contributed by atoms with E-state index in [2.05, 4.69) is 20.7 Å². The molecule has 136 valence electrons. The molecular weight excluding hydrogens is 385 g/mol. The second kappa shape index (κ2) is 7.06. The molecule has 2 aromatic carbocycles. The fourth-order valence-electron chi connectivity index (χ4n) is 3.03. The molecule has 2 N–H and O–H groups in total. The number of hydrogen-bond acceptors (Lipinski definition) is 4. The van der Waals surface area contributed by atoms with E-state index in [-0.39, 0.29) is 11.9 Å². The lowest BCUT2D eigenvalue weighted by molar-refractivity contribution is -0.114. The SMILES string of the molecule is CC(=O)Nc1cccc(C2=C[C@H](c3ccc(Cl)cc3Cl)n3ncnc3N2)c1. The highest BCUT2D eigenvalue weighted by Crippen LogP contribution is 2.36. The predicted molar refractivity (Wildman–Crippen MR) is 107 cm³/mol. The first kappa shape index (κ1) is 17.6. The Labute approximate surface area is 165 Å². The van der Waals surface area contributed by atoms with Gasteiger partial charge in [-0.3, -0.25) is 4.79 Å². The molecule has 2 heterocycles. The molecule has 0 unspecified atom stereocenters. The summed E-state index contributed by atoms with van der Waals surface area (Å²) in [6, 6.07) is 12.7. The molecule has 0 bridgehead atoms. The zero-order valence-electron chi connectivity index (χ0n) is 14.3.